The van der Waals surface area contributed by atoms with Gasteiger partial charge in [-0.3, -0.25) is 11.3 Å². The van der Waals surface area contributed by atoms with Gasteiger partial charge in [0.05, 0.1) is 0 Å². The molecule has 86 valence electrons. The smallest absolute Gasteiger partial charge is 0.0466 e. The van der Waals surface area contributed by atoms with Crippen LogP contribution in [0.4, 0.5) is 0 Å². The van der Waals surface area contributed by atoms with Crippen molar-refractivity contribution in [3.63, 3.8) is 0 Å². The van der Waals surface area contributed by atoms with Gasteiger partial charge in [0.2, 0.25) is 0 Å². The van der Waals surface area contributed by atoms with Crippen molar-refractivity contribution in [1.82, 2.24) is 5.43 Å². The van der Waals surface area contributed by atoms with E-state index in [-0.39, 0.29) is 0 Å². The first-order valence-corrected chi connectivity index (χ1v) is 6.36. The molecule has 0 radical (unpaired) electrons. The fraction of sp³-hybridized carbons (Fsp3) is 0.636. The second-order valence-corrected chi connectivity index (χ2v) is 4.32. The predicted octanol–water partition coefficient (Wildman–Crippen LogP) is 1.94. The molecule has 0 aliphatic rings. The fourth-order valence-corrected chi connectivity index (χ4v) is 2.20. The van der Waals surface area contributed by atoms with Gasteiger partial charge in [-0.1, -0.05) is 0 Å². The molecular formula is C11H20N2OS. The largest absolute Gasteiger partial charge is 0.382 e. The van der Waals surface area contributed by atoms with Crippen LogP contribution < -0.4 is 11.3 Å². The zero-order valence-electron chi connectivity index (χ0n) is 9.24. The van der Waals surface area contributed by atoms with E-state index in [1.54, 1.807) is 11.3 Å². The maximum absolute atomic E-state index is 5.52. The average Bonchev–Trinajstić information content (AvgIpc) is 2.75. The summed E-state index contributed by atoms with van der Waals surface area (Å²) < 4.78 is 5.30. The van der Waals surface area contributed by atoms with Crippen molar-refractivity contribution in [3.8, 4) is 0 Å². The molecule has 0 aliphatic carbocycles. The van der Waals surface area contributed by atoms with Gasteiger partial charge >= 0.3 is 0 Å². The minimum absolute atomic E-state index is 0.361. The van der Waals surface area contributed by atoms with Gasteiger partial charge in [-0.15, -0.1) is 0 Å². The lowest BCUT2D eigenvalue weighted by Crippen LogP contribution is -2.36. The molecule has 4 heteroatoms. The Morgan fingerprint density at radius 1 is 1.60 bits per heavy atom. The van der Waals surface area contributed by atoms with E-state index in [4.69, 9.17) is 10.6 Å². The summed E-state index contributed by atoms with van der Waals surface area (Å²) in [5, 5.41) is 4.27. The molecule has 1 unspecified atom stereocenters. The van der Waals surface area contributed by atoms with Gasteiger partial charge in [0.25, 0.3) is 0 Å². The molecule has 1 aromatic rings. The van der Waals surface area contributed by atoms with Crippen LogP contribution in [-0.2, 0) is 11.2 Å². The van der Waals surface area contributed by atoms with E-state index >= 15 is 0 Å². The molecule has 3 N–H and O–H groups in total. The van der Waals surface area contributed by atoms with Gasteiger partial charge in [0.1, 0.15) is 0 Å². The predicted molar refractivity (Wildman–Crippen MR) is 64.9 cm³/mol. The number of hydrogen-bond donors (Lipinski definition) is 2. The summed E-state index contributed by atoms with van der Waals surface area (Å²) in [6.07, 6.45) is 3.13. The molecular weight excluding hydrogens is 208 g/mol. The third kappa shape index (κ3) is 5.28. The Morgan fingerprint density at radius 3 is 3.07 bits per heavy atom. The molecule has 0 bridgehead atoms. The number of rotatable bonds is 8. The van der Waals surface area contributed by atoms with E-state index < -0.39 is 0 Å². The van der Waals surface area contributed by atoms with Crippen molar-refractivity contribution >= 4 is 11.3 Å². The molecule has 0 aromatic carbocycles. The zero-order chi connectivity index (χ0) is 10.9. The van der Waals surface area contributed by atoms with Crippen molar-refractivity contribution in [1.29, 1.82) is 0 Å². The first-order chi connectivity index (χ1) is 7.36. The highest BCUT2D eigenvalue weighted by Crippen LogP contribution is 2.10. The third-order valence-electron chi connectivity index (χ3n) is 2.34. The summed E-state index contributed by atoms with van der Waals surface area (Å²) in [6, 6.07) is 2.51. The van der Waals surface area contributed by atoms with E-state index in [0.717, 1.165) is 32.5 Å². The highest BCUT2D eigenvalue weighted by molar-refractivity contribution is 7.07. The standard InChI is InChI=1S/C11H20N2OS/c1-2-14-6-3-4-11(13-12)8-10-5-7-15-9-10/h5,7,9,11,13H,2-4,6,8,12H2,1H3. The van der Waals surface area contributed by atoms with Crippen LogP contribution in [0.2, 0.25) is 0 Å². The lowest BCUT2D eigenvalue weighted by molar-refractivity contribution is 0.140. The van der Waals surface area contributed by atoms with Crippen LogP contribution in [-0.4, -0.2) is 19.3 Å². The zero-order valence-corrected chi connectivity index (χ0v) is 10.1. The lowest BCUT2D eigenvalue weighted by Gasteiger charge is -2.14. The molecule has 1 heterocycles. The van der Waals surface area contributed by atoms with Crippen LogP contribution in [0.1, 0.15) is 25.3 Å². The van der Waals surface area contributed by atoms with Gasteiger partial charge in [0.15, 0.2) is 0 Å². The summed E-state index contributed by atoms with van der Waals surface area (Å²) >= 11 is 1.73. The minimum atomic E-state index is 0.361. The van der Waals surface area contributed by atoms with Gasteiger partial charge in [-0.25, -0.2) is 0 Å². The van der Waals surface area contributed by atoms with Crippen molar-refractivity contribution in [2.75, 3.05) is 13.2 Å². The summed E-state index contributed by atoms with van der Waals surface area (Å²) in [4.78, 5) is 0. The first-order valence-electron chi connectivity index (χ1n) is 5.41. The number of nitrogens with two attached hydrogens (primary N) is 1. The van der Waals surface area contributed by atoms with Gasteiger partial charge < -0.3 is 4.74 Å². The second kappa shape index (κ2) is 7.82. The summed E-state index contributed by atoms with van der Waals surface area (Å²) in [5.41, 5.74) is 4.23. The molecule has 0 amide bonds. The number of hydrazine groups is 1. The topological polar surface area (TPSA) is 47.3 Å². The molecule has 1 aromatic heterocycles. The average molecular weight is 228 g/mol. The highest BCUT2D eigenvalue weighted by atomic mass is 32.1. The SMILES string of the molecule is CCOCCCC(Cc1ccsc1)NN. The molecule has 3 nitrogen and oxygen atoms in total. The van der Waals surface area contributed by atoms with E-state index in [2.05, 4.69) is 22.3 Å². The Kier molecular flexibility index (Phi) is 6.59. The highest BCUT2D eigenvalue weighted by Gasteiger charge is 2.07. The van der Waals surface area contributed by atoms with E-state index in [0.29, 0.717) is 6.04 Å². The van der Waals surface area contributed by atoms with Gasteiger partial charge in [-0.2, -0.15) is 11.3 Å². The Labute approximate surface area is 95.6 Å². The molecule has 0 spiro atoms. The molecule has 0 aliphatic heterocycles. The van der Waals surface area contributed by atoms with Crippen LogP contribution in [0, 0.1) is 0 Å². The molecule has 0 fully saturated rings. The maximum atomic E-state index is 5.52. The quantitative estimate of drug-likeness (QED) is 0.406. The van der Waals surface area contributed by atoms with E-state index in [1.165, 1.54) is 5.56 Å². The van der Waals surface area contributed by atoms with E-state index in [9.17, 15) is 0 Å². The number of nitrogens with one attached hydrogen (secondary N) is 1. The van der Waals surface area contributed by atoms with Crippen molar-refractivity contribution in [2.45, 2.75) is 32.2 Å². The van der Waals surface area contributed by atoms with Crippen LogP contribution in [0.15, 0.2) is 16.8 Å². The second-order valence-electron chi connectivity index (χ2n) is 3.54. The van der Waals surface area contributed by atoms with Gasteiger partial charge in [0, 0.05) is 19.3 Å². The normalized spacial score (nSPS) is 12.9. The Bertz CT molecular complexity index is 239. The fourth-order valence-electron chi connectivity index (χ4n) is 1.51. The van der Waals surface area contributed by atoms with Crippen LogP contribution in [0.3, 0.4) is 0 Å². The minimum Gasteiger partial charge on any atom is -0.382 e. The third-order valence-corrected chi connectivity index (χ3v) is 3.08. The summed E-state index contributed by atoms with van der Waals surface area (Å²) in [5.74, 6) is 5.52. The number of hydrogen-bond acceptors (Lipinski definition) is 4. The maximum Gasteiger partial charge on any atom is 0.0466 e. The lowest BCUT2D eigenvalue weighted by atomic mass is 10.1. The Balaban J connectivity index is 2.18. The van der Waals surface area contributed by atoms with Crippen LogP contribution >= 0.6 is 11.3 Å². The molecule has 15 heavy (non-hydrogen) atoms. The molecule has 1 atom stereocenters. The monoisotopic (exact) mass is 228 g/mol. The number of thiophene rings is 1. The first kappa shape index (κ1) is 12.6. The van der Waals surface area contributed by atoms with Gasteiger partial charge in [-0.05, 0) is 48.6 Å². The van der Waals surface area contributed by atoms with Crippen LogP contribution in [0.5, 0.6) is 0 Å². The van der Waals surface area contributed by atoms with Crippen LogP contribution in [0.25, 0.3) is 0 Å². The Morgan fingerprint density at radius 2 is 2.47 bits per heavy atom. The Hall–Kier alpha value is -0.420. The summed E-state index contributed by atoms with van der Waals surface area (Å²) in [6.45, 7) is 3.65. The van der Waals surface area contributed by atoms with Crippen molar-refractivity contribution in [3.05, 3.63) is 22.4 Å². The van der Waals surface area contributed by atoms with E-state index in [1.807, 2.05) is 6.92 Å². The molecule has 0 saturated heterocycles. The molecule has 0 saturated carbocycles. The van der Waals surface area contributed by atoms with Crippen molar-refractivity contribution < 1.29 is 4.74 Å². The molecule has 1 rings (SSSR count). The number of ether oxygens (including phenoxy) is 1. The summed E-state index contributed by atoms with van der Waals surface area (Å²) in [7, 11) is 0. The van der Waals surface area contributed by atoms with Crippen molar-refractivity contribution in [2.24, 2.45) is 5.84 Å².